The molecule has 1 nitrogen and oxygen atoms in total. The first-order valence-electron chi connectivity index (χ1n) is 5.42. The Morgan fingerprint density at radius 1 is 1.21 bits per heavy atom. The molecule has 0 aliphatic carbocycles. The van der Waals surface area contributed by atoms with Gasteiger partial charge in [0, 0.05) is 17.4 Å². The Bertz CT molecular complexity index is 289. The first kappa shape index (κ1) is 9.72. The number of benzene rings is 1. The van der Waals surface area contributed by atoms with Crippen molar-refractivity contribution in [2.24, 2.45) is 5.41 Å². The molecular weight excluding hydrogens is 170 g/mol. The summed E-state index contributed by atoms with van der Waals surface area (Å²) in [5, 5.41) is 0. The van der Waals surface area contributed by atoms with Crippen molar-refractivity contribution in [2.75, 3.05) is 13.1 Å². The second-order valence-corrected chi connectivity index (χ2v) is 5.11. The molecule has 14 heavy (non-hydrogen) atoms. The molecule has 0 amide bonds. The summed E-state index contributed by atoms with van der Waals surface area (Å²) in [5.74, 6) is 0. The van der Waals surface area contributed by atoms with Crippen molar-refractivity contribution < 1.29 is 0 Å². The molecule has 1 aromatic rings. The second-order valence-electron chi connectivity index (χ2n) is 5.11. The van der Waals surface area contributed by atoms with Gasteiger partial charge in [-0.3, -0.25) is 0 Å². The summed E-state index contributed by atoms with van der Waals surface area (Å²) in [6.07, 6.45) is 1.33. The Labute approximate surface area is 86.7 Å². The molecule has 0 N–H and O–H groups in total. The van der Waals surface area contributed by atoms with Crippen LogP contribution in [0.5, 0.6) is 0 Å². The molecule has 1 fully saturated rings. The van der Waals surface area contributed by atoms with Crippen molar-refractivity contribution in [1.29, 1.82) is 0 Å². The molecule has 1 saturated heterocycles. The fourth-order valence-electron chi connectivity index (χ4n) is 2.20. The monoisotopic (exact) mass is 189 g/mol. The van der Waals surface area contributed by atoms with Gasteiger partial charge >= 0.3 is 0 Å². The Morgan fingerprint density at radius 2 is 1.93 bits per heavy atom. The number of likely N-dealkylation sites (tertiary alicyclic amines) is 1. The lowest BCUT2D eigenvalue weighted by atomic mass is 9.93. The van der Waals surface area contributed by atoms with Crippen molar-refractivity contribution in [2.45, 2.75) is 26.8 Å². The van der Waals surface area contributed by atoms with Gasteiger partial charge in [0.15, 0.2) is 0 Å². The summed E-state index contributed by atoms with van der Waals surface area (Å²) in [5.41, 5.74) is 1.96. The molecular formula is C13H19N+. The summed E-state index contributed by atoms with van der Waals surface area (Å²) in [7, 11) is 0. The maximum atomic E-state index is 2.55. The minimum atomic E-state index is 0.523. The first-order chi connectivity index (χ1) is 6.66. The highest BCUT2D eigenvalue weighted by molar-refractivity contribution is 5.15. The zero-order chi connectivity index (χ0) is 10.0. The van der Waals surface area contributed by atoms with Crippen LogP contribution in [0, 0.1) is 5.41 Å². The van der Waals surface area contributed by atoms with Crippen LogP contribution in [0.1, 0.15) is 25.8 Å². The van der Waals surface area contributed by atoms with Gasteiger partial charge < -0.3 is 0 Å². The van der Waals surface area contributed by atoms with E-state index in [4.69, 9.17) is 0 Å². The van der Waals surface area contributed by atoms with Crippen LogP contribution in [-0.2, 0) is 6.54 Å². The van der Waals surface area contributed by atoms with Crippen LogP contribution in [0.2, 0.25) is 0 Å². The van der Waals surface area contributed by atoms with E-state index in [1.54, 1.807) is 0 Å². The zero-order valence-electron chi connectivity index (χ0n) is 9.16. The van der Waals surface area contributed by atoms with E-state index in [1.165, 1.54) is 25.1 Å². The third-order valence-corrected chi connectivity index (χ3v) is 3.01. The van der Waals surface area contributed by atoms with Crippen LogP contribution in [0.25, 0.3) is 0 Å². The smallest absolute Gasteiger partial charge is 0.148 e. The van der Waals surface area contributed by atoms with Crippen molar-refractivity contribution in [3.8, 4) is 0 Å². The Kier molecular flexibility index (Phi) is 2.60. The van der Waals surface area contributed by atoms with Gasteiger partial charge in [0.1, 0.15) is 19.6 Å². The van der Waals surface area contributed by atoms with E-state index in [2.05, 4.69) is 49.1 Å². The molecule has 75 valence electrons. The quantitative estimate of drug-likeness (QED) is 0.631. The van der Waals surface area contributed by atoms with Crippen molar-refractivity contribution >= 4 is 0 Å². The average Bonchev–Trinajstić information content (AvgIpc) is 2.47. The molecule has 1 heterocycles. The van der Waals surface area contributed by atoms with E-state index in [0.717, 1.165) is 6.54 Å². The lowest BCUT2D eigenvalue weighted by molar-refractivity contribution is 0.371. The van der Waals surface area contributed by atoms with Crippen LogP contribution in [0.15, 0.2) is 30.3 Å². The fraction of sp³-hybridized carbons (Fsp3) is 0.538. The molecule has 0 saturated carbocycles. The number of hydrogen-bond donors (Lipinski definition) is 0. The largest absolute Gasteiger partial charge is 0.165 e. The van der Waals surface area contributed by atoms with Crippen LogP contribution >= 0.6 is 0 Å². The highest BCUT2D eigenvalue weighted by atomic mass is 15.1. The summed E-state index contributed by atoms with van der Waals surface area (Å²) in [6.45, 7) is 8.32. The minimum Gasteiger partial charge on any atom is -0.165 e. The molecule has 0 aromatic heterocycles. The average molecular weight is 189 g/mol. The summed E-state index contributed by atoms with van der Waals surface area (Å²) in [4.78, 5) is 2.55. The van der Waals surface area contributed by atoms with E-state index in [-0.39, 0.29) is 0 Å². The van der Waals surface area contributed by atoms with Crippen LogP contribution in [0.4, 0.5) is 0 Å². The predicted octanol–water partition coefficient (Wildman–Crippen LogP) is 2.76. The third kappa shape index (κ3) is 2.36. The van der Waals surface area contributed by atoms with Crippen LogP contribution in [0.3, 0.4) is 0 Å². The standard InChI is InChI=1S/C13H19N/c1-13(2)8-9-14(11-13)10-12-6-4-3-5-7-12/h3-7H,8-11H2,1-2H3/q+1. The van der Waals surface area contributed by atoms with Gasteiger partial charge in [-0.2, -0.15) is 4.90 Å². The van der Waals surface area contributed by atoms with E-state index >= 15 is 0 Å². The Hall–Kier alpha value is -0.820. The number of hydrogen-bond acceptors (Lipinski definition) is 1. The fourth-order valence-corrected chi connectivity index (χ4v) is 2.20. The molecule has 0 spiro atoms. The highest BCUT2D eigenvalue weighted by Crippen LogP contribution is 2.27. The van der Waals surface area contributed by atoms with Gasteiger partial charge in [-0.15, -0.1) is 0 Å². The normalized spacial score (nSPS) is 21.3. The molecule has 0 unspecified atom stereocenters. The maximum Gasteiger partial charge on any atom is 0.148 e. The SMILES string of the molecule is CC1(C)CC[N+](Cc2ccccc2)C1. The molecule has 0 atom stereocenters. The molecule has 0 bridgehead atoms. The van der Waals surface area contributed by atoms with Crippen LogP contribution in [-0.4, -0.2) is 13.1 Å². The molecule has 1 aliphatic heterocycles. The summed E-state index contributed by atoms with van der Waals surface area (Å²) < 4.78 is 0. The maximum absolute atomic E-state index is 2.55. The van der Waals surface area contributed by atoms with E-state index in [0.29, 0.717) is 5.41 Å². The lowest BCUT2D eigenvalue weighted by Crippen LogP contribution is -2.28. The molecule has 1 radical (unpaired) electrons. The topological polar surface area (TPSA) is 5.90 Å². The molecule has 1 aromatic carbocycles. The van der Waals surface area contributed by atoms with Gasteiger partial charge in [0.05, 0.1) is 0 Å². The van der Waals surface area contributed by atoms with E-state index in [9.17, 15) is 0 Å². The van der Waals surface area contributed by atoms with Crippen LogP contribution < -0.4 is 4.90 Å². The predicted molar refractivity (Wildman–Crippen MR) is 60.4 cm³/mol. The third-order valence-electron chi connectivity index (χ3n) is 3.01. The van der Waals surface area contributed by atoms with Gasteiger partial charge in [-0.05, 0) is 0 Å². The summed E-state index contributed by atoms with van der Waals surface area (Å²) in [6, 6.07) is 10.8. The van der Waals surface area contributed by atoms with Gasteiger partial charge in [0.25, 0.3) is 0 Å². The second kappa shape index (κ2) is 3.74. The summed E-state index contributed by atoms with van der Waals surface area (Å²) >= 11 is 0. The van der Waals surface area contributed by atoms with E-state index in [1.807, 2.05) is 0 Å². The molecule has 1 aliphatic rings. The van der Waals surface area contributed by atoms with Crippen molar-refractivity contribution in [3.05, 3.63) is 35.9 Å². The highest BCUT2D eigenvalue weighted by Gasteiger charge is 2.36. The zero-order valence-corrected chi connectivity index (χ0v) is 9.16. The van der Waals surface area contributed by atoms with E-state index < -0.39 is 0 Å². The van der Waals surface area contributed by atoms with Gasteiger partial charge in [-0.1, -0.05) is 44.2 Å². The Balaban J connectivity index is 1.94. The van der Waals surface area contributed by atoms with Crippen molar-refractivity contribution in [1.82, 2.24) is 4.90 Å². The first-order valence-corrected chi connectivity index (χ1v) is 5.42. The number of rotatable bonds is 2. The number of nitrogens with zero attached hydrogens (tertiary/aromatic N) is 1. The minimum absolute atomic E-state index is 0.523. The van der Waals surface area contributed by atoms with Crippen molar-refractivity contribution in [3.63, 3.8) is 0 Å². The molecule has 2 rings (SSSR count). The Morgan fingerprint density at radius 3 is 2.50 bits per heavy atom. The van der Waals surface area contributed by atoms with Gasteiger partial charge in [-0.25, -0.2) is 0 Å². The lowest BCUT2D eigenvalue weighted by Gasteiger charge is -2.11. The molecule has 1 heteroatoms. The van der Waals surface area contributed by atoms with Gasteiger partial charge in [0.2, 0.25) is 0 Å².